The van der Waals surface area contributed by atoms with Crippen LogP contribution in [0.1, 0.15) is 24.1 Å². The molecule has 0 bridgehead atoms. The standard InChI is InChI=1S/C20H24F2N2O4.ClH/c1-13(17-11-16(26-3)9-10-18(17)27-4)23-20(25)24(2)12-14-5-7-15(8-6-14)28-19(21)22;/h5-11,13,19H,12H2,1-4H3,(H,23,25);1H. The van der Waals surface area contributed by atoms with Crippen LogP contribution in [0.2, 0.25) is 0 Å². The zero-order valence-electron chi connectivity index (χ0n) is 16.6. The fourth-order valence-electron chi connectivity index (χ4n) is 2.67. The van der Waals surface area contributed by atoms with E-state index in [1.54, 1.807) is 45.5 Å². The summed E-state index contributed by atoms with van der Waals surface area (Å²) in [6.07, 6.45) is 0. The fraction of sp³-hybridized carbons (Fsp3) is 0.350. The van der Waals surface area contributed by atoms with Crippen molar-refractivity contribution in [3.63, 3.8) is 0 Å². The van der Waals surface area contributed by atoms with E-state index >= 15 is 0 Å². The van der Waals surface area contributed by atoms with Gasteiger partial charge in [0.2, 0.25) is 0 Å². The van der Waals surface area contributed by atoms with Gasteiger partial charge in [-0.1, -0.05) is 12.1 Å². The molecule has 0 aromatic heterocycles. The van der Waals surface area contributed by atoms with E-state index in [-0.39, 0.29) is 30.2 Å². The monoisotopic (exact) mass is 430 g/mol. The van der Waals surface area contributed by atoms with Crippen molar-refractivity contribution in [1.29, 1.82) is 0 Å². The summed E-state index contributed by atoms with van der Waals surface area (Å²) in [5.41, 5.74) is 1.57. The van der Waals surface area contributed by atoms with Crippen LogP contribution in [0.4, 0.5) is 13.6 Å². The zero-order chi connectivity index (χ0) is 20.7. The molecule has 0 saturated carbocycles. The third-order valence-corrected chi connectivity index (χ3v) is 4.16. The van der Waals surface area contributed by atoms with E-state index in [2.05, 4.69) is 10.1 Å². The number of methoxy groups -OCH3 is 2. The first-order chi connectivity index (χ1) is 13.3. The van der Waals surface area contributed by atoms with Gasteiger partial charge in [-0.05, 0) is 42.8 Å². The second kappa shape index (κ2) is 11.3. The van der Waals surface area contributed by atoms with Gasteiger partial charge in [0.05, 0.1) is 20.3 Å². The molecule has 2 aromatic carbocycles. The van der Waals surface area contributed by atoms with E-state index in [4.69, 9.17) is 9.47 Å². The maximum Gasteiger partial charge on any atom is 0.387 e. The number of nitrogens with one attached hydrogen (secondary N) is 1. The highest BCUT2D eigenvalue weighted by Gasteiger charge is 2.17. The summed E-state index contributed by atoms with van der Waals surface area (Å²) in [4.78, 5) is 14.0. The minimum Gasteiger partial charge on any atom is -0.497 e. The van der Waals surface area contributed by atoms with Crippen LogP contribution < -0.4 is 19.5 Å². The lowest BCUT2D eigenvalue weighted by molar-refractivity contribution is -0.0498. The van der Waals surface area contributed by atoms with Crippen LogP contribution in [0.25, 0.3) is 0 Å². The molecule has 0 spiro atoms. The number of hydrogen-bond donors (Lipinski definition) is 1. The van der Waals surface area contributed by atoms with Crippen molar-refractivity contribution in [2.24, 2.45) is 0 Å². The van der Waals surface area contributed by atoms with Crippen LogP contribution in [0.5, 0.6) is 17.2 Å². The molecule has 0 fully saturated rings. The summed E-state index contributed by atoms with van der Waals surface area (Å²) in [7, 11) is 4.78. The van der Waals surface area contributed by atoms with Crippen molar-refractivity contribution >= 4 is 18.4 Å². The van der Waals surface area contributed by atoms with E-state index in [1.807, 2.05) is 13.0 Å². The topological polar surface area (TPSA) is 60.0 Å². The number of rotatable bonds is 8. The molecule has 0 heterocycles. The average Bonchev–Trinajstić information content (AvgIpc) is 2.68. The van der Waals surface area contributed by atoms with Crippen LogP contribution in [0.15, 0.2) is 42.5 Å². The second-order valence-electron chi connectivity index (χ2n) is 6.16. The highest BCUT2D eigenvalue weighted by atomic mass is 35.5. The molecule has 1 N–H and O–H groups in total. The van der Waals surface area contributed by atoms with Gasteiger partial charge in [0, 0.05) is 19.2 Å². The Morgan fingerprint density at radius 1 is 1.07 bits per heavy atom. The fourth-order valence-corrected chi connectivity index (χ4v) is 2.67. The number of ether oxygens (including phenoxy) is 3. The van der Waals surface area contributed by atoms with Crippen LogP contribution in [0, 0.1) is 0 Å². The minimum atomic E-state index is -2.87. The Morgan fingerprint density at radius 2 is 1.69 bits per heavy atom. The van der Waals surface area contributed by atoms with Crippen molar-refractivity contribution in [3.8, 4) is 17.2 Å². The molecule has 160 valence electrons. The van der Waals surface area contributed by atoms with Crippen molar-refractivity contribution in [3.05, 3.63) is 53.6 Å². The maximum atomic E-state index is 12.5. The molecule has 2 rings (SSSR count). The molecule has 1 unspecified atom stereocenters. The quantitative estimate of drug-likeness (QED) is 0.663. The minimum absolute atomic E-state index is 0. The molecule has 0 radical (unpaired) electrons. The van der Waals surface area contributed by atoms with Gasteiger partial charge in [0.25, 0.3) is 0 Å². The van der Waals surface area contributed by atoms with Crippen molar-refractivity contribution in [1.82, 2.24) is 10.2 Å². The van der Waals surface area contributed by atoms with Crippen LogP contribution in [-0.2, 0) is 6.54 Å². The van der Waals surface area contributed by atoms with E-state index in [1.165, 1.54) is 17.0 Å². The molecular formula is C20H25ClF2N2O4. The summed E-state index contributed by atoms with van der Waals surface area (Å²) < 4.78 is 39.3. The molecule has 2 aromatic rings. The van der Waals surface area contributed by atoms with Crippen molar-refractivity contribution in [2.75, 3.05) is 21.3 Å². The summed E-state index contributed by atoms with van der Waals surface area (Å²) in [6, 6.07) is 10.9. The first kappa shape index (κ1) is 24.3. The summed E-state index contributed by atoms with van der Waals surface area (Å²) in [6.45, 7) is -0.711. The predicted octanol–water partition coefficient (Wildman–Crippen LogP) is 4.63. The maximum absolute atomic E-state index is 12.5. The van der Waals surface area contributed by atoms with Gasteiger partial charge < -0.3 is 24.4 Å². The van der Waals surface area contributed by atoms with Gasteiger partial charge in [-0.2, -0.15) is 8.78 Å². The van der Waals surface area contributed by atoms with E-state index < -0.39 is 6.61 Å². The molecule has 0 saturated heterocycles. The van der Waals surface area contributed by atoms with Gasteiger partial charge >= 0.3 is 12.6 Å². The first-order valence-corrected chi connectivity index (χ1v) is 8.61. The number of carbonyl (C=O) groups excluding carboxylic acids is 1. The molecule has 1 atom stereocenters. The molecular weight excluding hydrogens is 406 g/mol. The van der Waals surface area contributed by atoms with Gasteiger partial charge in [-0.3, -0.25) is 0 Å². The molecule has 9 heteroatoms. The highest BCUT2D eigenvalue weighted by molar-refractivity contribution is 5.85. The number of nitrogens with zero attached hydrogens (tertiary/aromatic N) is 1. The lowest BCUT2D eigenvalue weighted by Crippen LogP contribution is -2.38. The number of alkyl halides is 2. The number of hydrogen-bond acceptors (Lipinski definition) is 4. The number of amides is 2. The molecule has 0 aliphatic rings. The normalized spacial score (nSPS) is 11.3. The smallest absolute Gasteiger partial charge is 0.387 e. The lowest BCUT2D eigenvalue weighted by Gasteiger charge is -2.23. The van der Waals surface area contributed by atoms with E-state index in [9.17, 15) is 13.6 Å². The zero-order valence-corrected chi connectivity index (χ0v) is 17.5. The Kier molecular flexibility index (Phi) is 9.47. The largest absolute Gasteiger partial charge is 0.497 e. The van der Waals surface area contributed by atoms with Crippen molar-refractivity contribution in [2.45, 2.75) is 26.1 Å². The number of carbonyl (C=O) groups is 1. The highest BCUT2D eigenvalue weighted by Crippen LogP contribution is 2.29. The molecule has 0 aliphatic heterocycles. The Bertz CT molecular complexity index is 791. The van der Waals surface area contributed by atoms with Crippen LogP contribution in [0.3, 0.4) is 0 Å². The summed E-state index contributed by atoms with van der Waals surface area (Å²) in [5.74, 6) is 1.38. The second-order valence-corrected chi connectivity index (χ2v) is 6.16. The Hall–Kier alpha value is -2.74. The molecule has 6 nitrogen and oxygen atoms in total. The lowest BCUT2D eigenvalue weighted by atomic mass is 10.1. The number of urea groups is 1. The molecule has 0 aliphatic carbocycles. The Labute approximate surface area is 175 Å². The Balaban J connectivity index is 0.00000420. The third-order valence-electron chi connectivity index (χ3n) is 4.16. The van der Waals surface area contributed by atoms with E-state index in [0.29, 0.717) is 18.0 Å². The molecule has 29 heavy (non-hydrogen) atoms. The predicted molar refractivity (Wildman–Crippen MR) is 108 cm³/mol. The average molecular weight is 431 g/mol. The van der Waals surface area contributed by atoms with Crippen LogP contribution in [-0.4, -0.2) is 38.8 Å². The number of halogens is 3. The SMILES string of the molecule is COc1ccc(OC)c(C(C)NC(=O)N(C)Cc2ccc(OC(F)F)cc2)c1.Cl. The van der Waals surface area contributed by atoms with E-state index in [0.717, 1.165) is 11.1 Å². The van der Waals surface area contributed by atoms with Crippen molar-refractivity contribution < 1.29 is 27.8 Å². The molecule has 2 amide bonds. The summed E-state index contributed by atoms with van der Waals surface area (Å²) >= 11 is 0. The van der Waals surface area contributed by atoms with Gasteiger partial charge in [-0.15, -0.1) is 12.4 Å². The van der Waals surface area contributed by atoms with Gasteiger partial charge in [0.1, 0.15) is 17.2 Å². The number of benzene rings is 2. The van der Waals surface area contributed by atoms with Gasteiger partial charge in [-0.25, -0.2) is 4.79 Å². The van der Waals surface area contributed by atoms with Gasteiger partial charge in [0.15, 0.2) is 0 Å². The third kappa shape index (κ3) is 6.98. The Morgan fingerprint density at radius 3 is 2.24 bits per heavy atom. The van der Waals surface area contributed by atoms with Crippen LogP contribution >= 0.6 is 12.4 Å². The summed E-state index contributed by atoms with van der Waals surface area (Å²) in [5, 5.41) is 2.91. The first-order valence-electron chi connectivity index (χ1n) is 8.61.